The molecule has 0 aromatic heterocycles. The average Bonchev–Trinajstić information content (AvgIpc) is 2.28. The minimum absolute atomic E-state index is 0.473. The lowest BCUT2D eigenvalue weighted by Gasteiger charge is -2.37. The van der Waals surface area contributed by atoms with Gasteiger partial charge >= 0.3 is 0 Å². The summed E-state index contributed by atoms with van der Waals surface area (Å²) in [5.74, 6) is 2.50. The van der Waals surface area contributed by atoms with E-state index in [0.717, 1.165) is 24.1 Å². The zero-order valence-electron chi connectivity index (χ0n) is 13.5. The Bertz CT molecular complexity index is 252. The molecule has 1 unspecified atom stereocenters. The van der Waals surface area contributed by atoms with E-state index in [2.05, 4.69) is 26.1 Å². The third-order valence-corrected chi connectivity index (χ3v) is 5.38. The fraction of sp³-hybridized carbons (Fsp3) is 1.00. The molecule has 1 saturated carbocycles. The molecule has 1 aliphatic rings. The lowest BCUT2D eigenvalue weighted by molar-refractivity contribution is 0.0812. The van der Waals surface area contributed by atoms with Gasteiger partial charge in [-0.2, -0.15) is 11.8 Å². The van der Waals surface area contributed by atoms with E-state index in [4.69, 9.17) is 0 Å². The van der Waals surface area contributed by atoms with Crippen LogP contribution in [-0.2, 0) is 0 Å². The smallest absolute Gasteiger partial charge is 0.0833 e. The van der Waals surface area contributed by atoms with Crippen molar-refractivity contribution in [2.75, 3.05) is 25.1 Å². The fourth-order valence-electron chi connectivity index (χ4n) is 3.14. The second-order valence-electron chi connectivity index (χ2n) is 7.64. The third-order valence-electron chi connectivity index (χ3n) is 4.47. The van der Waals surface area contributed by atoms with Crippen LogP contribution in [0.15, 0.2) is 0 Å². The summed E-state index contributed by atoms with van der Waals surface area (Å²) >= 11 is 1.71. The Hall–Kier alpha value is 0.270. The molecule has 0 radical (unpaired) electrons. The molecule has 1 aliphatic carbocycles. The van der Waals surface area contributed by atoms with Crippen molar-refractivity contribution < 1.29 is 5.11 Å². The summed E-state index contributed by atoms with van der Waals surface area (Å²) < 4.78 is 0. The van der Waals surface area contributed by atoms with E-state index >= 15 is 0 Å². The molecule has 114 valence electrons. The Balaban J connectivity index is 2.20. The van der Waals surface area contributed by atoms with Crippen LogP contribution in [0.2, 0.25) is 0 Å². The number of thioether (sulfide) groups is 1. The molecule has 2 N–H and O–H groups in total. The van der Waals surface area contributed by atoms with Gasteiger partial charge in [0, 0.05) is 12.3 Å². The topological polar surface area (TPSA) is 32.3 Å². The molecule has 0 aromatic rings. The van der Waals surface area contributed by atoms with Crippen LogP contribution in [0, 0.1) is 17.3 Å². The zero-order chi connectivity index (χ0) is 14.5. The van der Waals surface area contributed by atoms with Crippen LogP contribution in [-0.4, -0.2) is 35.8 Å². The van der Waals surface area contributed by atoms with Gasteiger partial charge in [0.15, 0.2) is 0 Å². The van der Waals surface area contributed by atoms with Gasteiger partial charge in [-0.3, -0.25) is 0 Å². The van der Waals surface area contributed by atoms with Crippen molar-refractivity contribution in [1.29, 1.82) is 0 Å². The van der Waals surface area contributed by atoms with E-state index in [1.165, 1.54) is 25.7 Å². The van der Waals surface area contributed by atoms with Crippen molar-refractivity contribution in [2.24, 2.45) is 17.3 Å². The summed E-state index contributed by atoms with van der Waals surface area (Å²) in [5, 5.41) is 13.6. The maximum atomic E-state index is 10.1. The van der Waals surface area contributed by atoms with E-state index in [-0.39, 0.29) is 0 Å². The van der Waals surface area contributed by atoms with Crippen molar-refractivity contribution in [2.45, 2.75) is 59.0 Å². The van der Waals surface area contributed by atoms with Crippen molar-refractivity contribution in [3.05, 3.63) is 0 Å². The molecule has 0 saturated heterocycles. The first-order chi connectivity index (χ1) is 8.74. The highest BCUT2D eigenvalue weighted by molar-refractivity contribution is 7.98. The molecular weight excluding hydrogens is 254 g/mol. The van der Waals surface area contributed by atoms with Gasteiger partial charge in [-0.25, -0.2) is 0 Å². The second kappa shape index (κ2) is 7.33. The van der Waals surface area contributed by atoms with Crippen LogP contribution in [0.1, 0.15) is 53.4 Å². The Labute approximate surface area is 124 Å². The van der Waals surface area contributed by atoms with Gasteiger partial charge in [0.2, 0.25) is 0 Å². The van der Waals surface area contributed by atoms with Gasteiger partial charge in [0.05, 0.1) is 5.60 Å². The molecule has 1 rings (SSSR count). The summed E-state index contributed by atoms with van der Waals surface area (Å²) in [4.78, 5) is 0. The Morgan fingerprint density at radius 2 is 1.68 bits per heavy atom. The van der Waals surface area contributed by atoms with Gasteiger partial charge in [-0.15, -0.1) is 0 Å². The minimum Gasteiger partial charge on any atom is -0.388 e. The number of hydrogen-bond donors (Lipinski definition) is 2. The maximum absolute atomic E-state index is 10.1. The van der Waals surface area contributed by atoms with Crippen molar-refractivity contribution in [3.63, 3.8) is 0 Å². The zero-order valence-corrected chi connectivity index (χ0v) is 14.3. The fourth-order valence-corrected chi connectivity index (χ4v) is 3.86. The molecule has 1 atom stereocenters. The van der Waals surface area contributed by atoms with Gasteiger partial charge in [0.1, 0.15) is 0 Å². The van der Waals surface area contributed by atoms with Crippen LogP contribution in [0.5, 0.6) is 0 Å². The molecule has 19 heavy (non-hydrogen) atoms. The number of aliphatic hydroxyl groups is 1. The van der Waals surface area contributed by atoms with E-state index in [1.54, 1.807) is 11.8 Å². The van der Waals surface area contributed by atoms with E-state index < -0.39 is 5.60 Å². The third kappa shape index (κ3) is 6.50. The van der Waals surface area contributed by atoms with Crippen LogP contribution >= 0.6 is 11.8 Å². The molecule has 0 spiro atoms. The highest BCUT2D eigenvalue weighted by Gasteiger charge is 2.29. The van der Waals surface area contributed by atoms with Crippen LogP contribution in [0.4, 0.5) is 0 Å². The van der Waals surface area contributed by atoms with E-state index in [9.17, 15) is 5.11 Å². The van der Waals surface area contributed by atoms with Crippen molar-refractivity contribution >= 4 is 11.8 Å². The van der Waals surface area contributed by atoms with Gasteiger partial charge < -0.3 is 10.4 Å². The van der Waals surface area contributed by atoms with Crippen molar-refractivity contribution in [3.8, 4) is 0 Å². The predicted molar refractivity (Wildman–Crippen MR) is 86.8 cm³/mol. The van der Waals surface area contributed by atoms with Crippen molar-refractivity contribution in [1.82, 2.24) is 5.32 Å². The monoisotopic (exact) mass is 287 g/mol. The van der Waals surface area contributed by atoms with Crippen LogP contribution < -0.4 is 5.32 Å². The van der Waals surface area contributed by atoms with Gasteiger partial charge in [0.25, 0.3) is 0 Å². The lowest BCUT2D eigenvalue weighted by Crippen LogP contribution is -2.42. The Morgan fingerprint density at radius 3 is 2.16 bits per heavy atom. The molecular formula is C16H33NOS. The summed E-state index contributed by atoms with van der Waals surface area (Å²) in [6.45, 7) is 10.8. The minimum atomic E-state index is -0.567. The number of rotatable bonds is 6. The van der Waals surface area contributed by atoms with Crippen LogP contribution in [0.25, 0.3) is 0 Å². The number of nitrogens with one attached hydrogen (secondary N) is 1. The molecule has 1 fully saturated rings. The lowest BCUT2D eigenvalue weighted by atomic mass is 9.70. The summed E-state index contributed by atoms with van der Waals surface area (Å²) in [7, 11) is 0. The quantitative estimate of drug-likeness (QED) is 0.783. The highest BCUT2D eigenvalue weighted by atomic mass is 32.2. The molecule has 0 heterocycles. The standard InChI is InChI=1S/C16H33NOS/c1-15(2,3)14-8-6-13(7-9-14)10-17-11-16(4,18)12-19-5/h13-14,17-18H,6-12H2,1-5H3. The van der Waals surface area contributed by atoms with E-state index in [0.29, 0.717) is 12.0 Å². The average molecular weight is 288 g/mol. The molecule has 2 nitrogen and oxygen atoms in total. The van der Waals surface area contributed by atoms with Gasteiger partial charge in [-0.1, -0.05) is 20.8 Å². The highest BCUT2D eigenvalue weighted by Crippen LogP contribution is 2.39. The summed E-state index contributed by atoms with van der Waals surface area (Å²) in [5.41, 5.74) is -0.0948. The second-order valence-corrected chi connectivity index (χ2v) is 8.51. The molecule has 0 aromatic carbocycles. The molecule has 0 aliphatic heterocycles. The first-order valence-electron chi connectivity index (χ1n) is 7.66. The Morgan fingerprint density at radius 1 is 1.11 bits per heavy atom. The maximum Gasteiger partial charge on any atom is 0.0833 e. The predicted octanol–water partition coefficient (Wildman–Crippen LogP) is 3.54. The van der Waals surface area contributed by atoms with Crippen LogP contribution in [0.3, 0.4) is 0 Å². The van der Waals surface area contributed by atoms with E-state index in [1.807, 2.05) is 13.2 Å². The SMILES string of the molecule is CSCC(C)(O)CNCC1CCC(C(C)(C)C)CC1. The molecule has 3 heteroatoms. The Kier molecular flexibility index (Phi) is 6.68. The molecule has 0 amide bonds. The first-order valence-corrected chi connectivity index (χ1v) is 9.06. The summed E-state index contributed by atoms with van der Waals surface area (Å²) in [6.07, 6.45) is 7.48. The summed E-state index contributed by atoms with van der Waals surface area (Å²) in [6, 6.07) is 0. The first kappa shape index (κ1) is 17.3. The largest absolute Gasteiger partial charge is 0.388 e. The van der Waals surface area contributed by atoms with Gasteiger partial charge in [-0.05, 0) is 62.7 Å². The molecule has 0 bridgehead atoms. The number of hydrogen-bond acceptors (Lipinski definition) is 3. The normalized spacial score (nSPS) is 28.1.